The molecule has 1 aliphatic carbocycles. The molecule has 6 nitrogen and oxygen atoms in total. The van der Waals surface area contributed by atoms with Gasteiger partial charge in [-0.1, -0.05) is 0 Å². The second kappa shape index (κ2) is 7.04. The molecule has 0 spiro atoms. The van der Waals surface area contributed by atoms with E-state index in [4.69, 9.17) is 4.74 Å². The van der Waals surface area contributed by atoms with Crippen LogP contribution in [-0.2, 0) is 9.47 Å². The van der Waals surface area contributed by atoms with Gasteiger partial charge in [0, 0.05) is 26.0 Å². The highest BCUT2D eigenvalue weighted by molar-refractivity contribution is 5.85. The van der Waals surface area contributed by atoms with Crippen LogP contribution in [0.25, 0.3) is 0 Å². The van der Waals surface area contributed by atoms with Crippen LogP contribution in [0.2, 0.25) is 0 Å². The lowest BCUT2D eigenvalue weighted by atomic mass is 10.4. The molecule has 0 saturated heterocycles. The molecule has 0 aliphatic heterocycles. The Morgan fingerprint density at radius 1 is 1.53 bits per heavy atom. The highest BCUT2D eigenvalue weighted by Crippen LogP contribution is 2.28. The van der Waals surface area contributed by atoms with Gasteiger partial charge in [-0.05, 0) is 31.2 Å². The molecule has 0 unspecified atom stereocenters. The third-order valence-electron chi connectivity index (χ3n) is 2.85. The fraction of sp³-hybridized carbons (Fsp3) is 0.615. The van der Waals surface area contributed by atoms with Crippen molar-refractivity contribution >= 4 is 11.8 Å². The molecule has 1 N–H and O–H groups in total. The predicted octanol–water partition coefficient (Wildman–Crippen LogP) is 1.49. The van der Waals surface area contributed by atoms with Crippen molar-refractivity contribution < 1.29 is 14.3 Å². The minimum Gasteiger partial charge on any atom is -0.463 e. The highest BCUT2D eigenvalue weighted by Gasteiger charge is 2.20. The SMILES string of the molecule is COC(=O)c1nccc(NCCCOCC2CC2)n1. The first-order chi connectivity index (χ1) is 9.29. The number of ether oxygens (including phenoxy) is 2. The summed E-state index contributed by atoms with van der Waals surface area (Å²) in [7, 11) is 1.31. The number of anilines is 1. The molecular weight excluding hydrogens is 246 g/mol. The van der Waals surface area contributed by atoms with E-state index in [1.807, 2.05) is 0 Å². The number of aromatic nitrogens is 2. The average Bonchev–Trinajstić information content (AvgIpc) is 3.26. The molecule has 1 heterocycles. The molecule has 0 atom stereocenters. The Hall–Kier alpha value is -1.69. The molecule has 2 rings (SSSR count). The molecule has 6 heteroatoms. The number of nitrogens with one attached hydrogen (secondary N) is 1. The smallest absolute Gasteiger partial charge is 0.376 e. The molecule has 1 saturated carbocycles. The highest BCUT2D eigenvalue weighted by atomic mass is 16.5. The molecule has 0 bridgehead atoms. The summed E-state index contributed by atoms with van der Waals surface area (Å²) in [5.74, 6) is 0.962. The molecule has 1 aliphatic rings. The van der Waals surface area contributed by atoms with Crippen LogP contribution >= 0.6 is 0 Å². The zero-order chi connectivity index (χ0) is 13.5. The topological polar surface area (TPSA) is 73.3 Å². The van der Waals surface area contributed by atoms with Gasteiger partial charge in [-0.3, -0.25) is 0 Å². The van der Waals surface area contributed by atoms with Crippen LogP contribution in [0.1, 0.15) is 29.9 Å². The van der Waals surface area contributed by atoms with Crippen molar-refractivity contribution in [3.05, 3.63) is 18.1 Å². The summed E-state index contributed by atoms with van der Waals surface area (Å²) in [6, 6.07) is 1.72. The van der Waals surface area contributed by atoms with E-state index in [0.29, 0.717) is 5.82 Å². The number of hydrogen-bond acceptors (Lipinski definition) is 6. The summed E-state index contributed by atoms with van der Waals surface area (Å²) in [4.78, 5) is 19.2. The van der Waals surface area contributed by atoms with E-state index < -0.39 is 5.97 Å². The van der Waals surface area contributed by atoms with Gasteiger partial charge in [-0.15, -0.1) is 0 Å². The summed E-state index contributed by atoms with van der Waals surface area (Å²) < 4.78 is 10.1. The van der Waals surface area contributed by atoms with Crippen LogP contribution in [0.3, 0.4) is 0 Å². The Bertz CT molecular complexity index is 421. The lowest BCUT2D eigenvalue weighted by Crippen LogP contribution is -2.11. The van der Waals surface area contributed by atoms with E-state index in [1.165, 1.54) is 26.1 Å². The first kappa shape index (κ1) is 13.7. The first-order valence-corrected chi connectivity index (χ1v) is 6.52. The van der Waals surface area contributed by atoms with E-state index in [0.717, 1.165) is 32.1 Å². The van der Waals surface area contributed by atoms with E-state index in [9.17, 15) is 4.79 Å². The maximum Gasteiger partial charge on any atom is 0.376 e. The minimum atomic E-state index is -0.531. The van der Waals surface area contributed by atoms with Gasteiger partial charge in [-0.2, -0.15) is 0 Å². The molecule has 1 aromatic heterocycles. The van der Waals surface area contributed by atoms with Crippen molar-refractivity contribution in [2.75, 3.05) is 32.2 Å². The van der Waals surface area contributed by atoms with Gasteiger partial charge >= 0.3 is 5.97 Å². The Balaban J connectivity index is 1.65. The van der Waals surface area contributed by atoms with Gasteiger partial charge in [-0.25, -0.2) is 14.8 Å². The monoisotopic (exact) mass is 265 g/mol. The summed E-state index contributed by atoms with van der Waals surface area (Å²) in [5, 5.41) is 3.13. The summed E-state index contributed by atoms with van der Waals surface area (Å²) in [5.41, 5.74) is 0. The van der Waals surface area contributed by atoms with Gasteiger partial charge in [0.15, 0.2) is 0 Å². The van der Waals surface area contributed by atoms with Gasteiger partial charge in [0.05, 0.1) is 7.11 Å². The summed E-state index contributed by atoms with van der Waals surface area (Å²) in [6.45, 7) is 2.39. The number of carbonyl (C=O) groups is 1. The number of rotatable bonds is 8. The van der Waals surface area contributed by atoms with E-state index in [1.54, 1.807) is 6.07 Å². The molecular formula is C13H19N3O3. The Kier molecular flexibility index (Phi) is 5.09. The standard InChI is InChI=1S/C13H19N3O3/c1-18-13(17)12-15-7-5-11(16-12)14-6-2-8-19-9-10-3-4-10/h5,7,10H,2-4,6,8-9H2,1H3,(H,14,15,16). The summed E-state index contributed by atoms with van der Waals surface area (Å²) >= 11 is 0. The average molecular weight is 265 g/mol. The van der Waals surface area contributed by atoms with E-state index in [-0.39, 0.29) is 5.82 Å². The molecule has 0 amide bonds. The fourth-order valence-corrected chi connectivity index (χ4v) is 1.57. The quantitative estimate of drug-likeness (QED) is 0.567. The van der Waals surface area contributed by atoms with E-state index >= 15 is 0 Å². The molecule has 0 radical (unpaired) electrons. The molecule has 1 aromatic rings. The maximum atomic E-state index is 11.3. The predicted molar refractivity (Wildman–Crippen MR) is 70.0 cm³/mol. The Labute approximate surface area is 112 Å². The van der Waals surface area contributed by atoms with Crippen LogP contribution < -0.4 is 5.32 Å². The van der Waals surface area contributed by atoms with Crippen LogP contribution in [0.5, 0.6) is 0 Å². The van der Waals surface area contributed by atoms with Gasteiger partial charge in [0.1, 0.15) is 5.82 Å². The van der Waals surface area contributed by atoms with Crippen LogP contribution in [0.4, 0.5) is 5.82 Å². The van der Waals surface area contributed by atoms with Crippen molar-refractivity contribution in [2.24, 2.45) is 5.92 Å². The van der Waals surface area contributed by atoms with Crippen molar-refractivity contribution in [3.63, 3.8) is 0 Å². The number of carbonyl (C=O) groups excluding carboxylic acids is 1. The van der Waals surface area contributed by atoms with Gasteiger partial charge < -0.3 is 14.8 Å². The van der Waals surface area contributed by atoms with Crippen LogP contribution in [0.15, 0.2) is 12.3 Å². The lowest BCUT2D eigenvalue weighted by Gasteiger charge is -2.06. The minimum absolute atomic E-state index is 0.0671. The lowest BCUT2D eigenvalue weighted by molar-refractivity contribution is 0.0587. The Morgan fingerprint density at radius 2 is 2.37 bits per heavy atom. The number of esters is 1. The number of hydrogen-bond donors (Lipinski definition) is 1. The number of methoxy groups -OCH3 is 1. The van der Waals surface area contributed by atoms with Gasteiger partial charge in [0.25, 0.3) is 0 Å². The largest absolute Gasteiger partial charge is 0.463 e. The number of nitrogens with zero attached hydrogens (tertiary/aromatic N) is 2. The van der Waals surface area contributed by atoms with Crippen molar-refractivity contribution in [2.45, 2.75) is 19.3 Å². The zero-order valence-electron chi connectivity index (χ0n) is 11.1. The van der Waals surface area contributed by atoms with Gasteiger partial charge in [0.2, 0.25) is 5.82 Å². The van der Waals surface area contributed by atoms with Crippen molar-refractivity contribution in [1.82, 2.24) is 9.97 Å². The fourth-order valence-electron chi connectivity index (χ4n) is 1.57. The van der Waals surface area contributed by atoms with Crippen LogP contribution in [0, 0.1) is 5.92 Å². The second-order valence-corrected chi connectivity index (χ2v) is 4.56. The molecule has 0 aromatic carbocycles. The molecule has 1 fully saturated rings. The zero-order valence-corrected chi connectivity index (χ0v) is 11.1. The third-order valence-corrected chi connectivity index (χ3v) is 2.85. The van der Waals surface area contributed by atoms with Crippen LogP contribution in [-0.4, -0.2) is 42.8 Å². The molecule has 104 valence electrons. The second-order valence-electron chi connectivity index (χ2n) is 4.56. The first-order valence-electron chi connectivity index (χ1n) is 6.52. The van der Waals surface area contributed by atoms with Crippen molar-refractivity contribution in [1.29, 1.82) is 0 Å². The Morgan fingerprint density at radius 3 is 3.11 bits per heavy atom. The van der Waals surface area contributed by atoms with E-state index in [2.05, 4.69) is 20.0 Å². The normalized spacial score (nSPS) is 14.2. The maximum absolute atomic E-state index is 11.3. The summed E-state index contributed by atoms with van der Waals surface area (Å²) in [6.07, 6.45) is 5.07. The van der Waals surface area contributed by atoms with Crippen molar-refractivity contribution in [3.8, 4) is 0 Å². The molecule has 19 heavy (non-hydrogen) atoms. The third kappa shape index (κ3) is 4.82.